The van der Waals surface area contributed by atoms with Crippen molar-refractivity contribution in [2.45, 2.75) is 16.8 Å². The number of hydrogen-bond acceptors (Lipinski definition) is 5. The fourth-order valence-electron chi connectivity index (χ4n) is 3.10. The Hall–Kier alpha value is -3.19. The highest BCUT2D eigenvalue weighted by Crippen LogP contribution is 2.34. The van der Waals surface area contributed by atoms with E-state index >= 15 is 0 Å². The summed E-state index contributed by atoms with van der Waals surface area (Å²) in [6.07, 6.45) is -0.776. The maximum absolute atomic E-state index is 13.1. The Balaban J connectivity index is 1.52. The van der Waals surface area contributed by atoms with Gasteiger partial charge < -0.3 is 14.5 Å². The van der Waals surface area contributed by atoms with Crippen molar-refractivity contribution in [2.24, 2.45) is 0 Å². The largest absolute Gasteiger partial charge is 0.477 e. The van der Waals surface area contributed by atoms with Gasteiger partial charge >= 0.3 is 0 Å². The molecule has 1 atom stereocenters. The quantitative estimate of drug-likeness (QED) is 0.652. The van der Waals surface area contributed by atoms with Crippen LogP contribution >= 0.6 is 11.8 Å². The van der Waals surface area contributed by atoms with E-state index in [1.165, 1.54) is 4.90 Å². The van der Waals surface area contributed by atoms with Gasteiger partial charge in [0.05, 0.1) is 18.0 Å². The molecule has 148 valence electrons. The molecule has 0 fully saturated rings. The van der Waals surface area contributed by atoms with Crippen LogP contribution in [0, 0.1) is 0 Å². The van der Waals surface area contributed by atoms with Crippen LogP contribution < -0.4 is 15.0 Å². The number of para-hydroxylation sites is 2. The first-order valence-corrected chi connectivity index (χ1v) is 10.2. The molecule has 0 bridgehead atoms. The van der Waals surface area contributed by atoms with Gasteiger partial charge in [-0.05, 0) is 36.4 Å². The van der Waals surface area contributed by atoms with Crippen molar-refractivity contribution in [3.63, 3.8) is 0 Å². The van der Waals surface area contributed by atoms with Crippen LogP contribution in [0.3, 0.4) is 0 Å². The van der Waals surface area contributed by atoms with Crippen molar-refractivity contribution in [2.75, 3.05) is 18.5 Å². The number of fused-ring (bicyclic) bond motifs is 1. The van der Waals surface area contributed by atoms with Crippen LogP contribution in [0.4, 0.5) is 5.69 Å². The molecule has 1 aliphatic rings. The van der Waals surface area contributed by atoms with Gasteiger partial charge in [0.15, 0.2) is 11.9 Å². The van der Waals surface area contributed by atoms with E-state index in [9.17, 15) is 9.59 Å². The summed E-state index contributed by atoms with van der Waals surface area (Å²) in [6.45, 7) is 0.115. The minimum Gasteiger partial charge on any atom is -0.477 e. The summed E-state index contributed by atoms with van der Waals surface area (Å²) in [5.74, 6) is 1.49. The SMILES string of the molecule is CNC(=O)[C@@H]1CN(C(=O)c2ccc(CSc3ccccc3)o2)c2ccccc2O1. The molecule has 6 nitrogen and oxygen atoms in total. The lowest BCUT2D eigenvalue weighted by molar-refractivity contribution is -0.127. The van der Waals surface area contributed by atoms with Gasteiger partial charge in [-0.25, -0.2) is 0 Å². The van der Waals surface area contributed by atoms with Crippen LogP contribution in [0.2, 0.25) is 0 Å². The van der Waals surface area contributed by atoms with Crippen molar-refractivity contribution in [3.8, 4) is 5.75 Å². The van der Waals surface area contributed by atoms with Gasteiger partial charge in [0.25, 0.3) is 11.8 Å². The first-order chi connectivity index (χ1) is 14.2. The number of ether oxygens (including phenoxy) is 1. The molecular formula is C22H20N2O4S. The number of carbonyl (C=O) groups is 2. The van der Waals surface area contributed by atoms with Gasteiger partial charge in [-0.2, -0.15) is 0 Å². The standard InChI is InChI=1S/C22H20N2O4S/c1-23-21(25)20-13-24(17-9-5-6-10-18(17)28-20)22(26)19-12-11-15(27-19)14-29-16-7-3-2-4-8-16/h2-12,20H,13-14H2,1H3,(H,23,25)/t20-/m0/s1. The fraction of sp³-hybridized carbons (Fsp3) is 0.182. The van der Waals surface area contributed by atoms with Crippen LogP contribution in [-0.4, -0.2) is 31.5 Å². The predicted molar refractivity (Wildman–Crippen MR) is 111 cm³/mol. The van der Waals surface area contributed by atoms with Crippen LogP contribution in [0.15, 0.2) is 76.0 Å². The predicted octanol–water partition coefficient (Wildman–Crippen LogP) is 3.73. The highest BCUT2D eigenvalue weighted by molar-refractivity contribution is 7.98. The summed E-state index contributed by atoms with van der Waals surface area (Å²) < 4.78 is 11.6. The number of thioether (sulfide) groups is 1. The first kappa shape index (κ1) is 19.1. The van der Waals surface area contributed by atoms with Crippen LogP contribution in [0.5, 0.6) is 5.75 Å². The number of hydrogen-bond donors (Lipinski definition) is 1. The van der Waals surface area contributed by atoms with Crippen LogP contribution in [0.25, 0.3) is 0 Å². The molecule has 1 N–H and O–H groups in total. The van der Waals surface area contributed by atoms with Gasteiger partial charge in [-0.15, -0.1) is 11.8 Å². The number of rotatable bonds is 5. The maximum atomic E-state index is 13.1. The zero-order valence-corrected chi connectivity index (χ0v) is 16.6. The Morgan fingerprint density at radius 2 is 1.83 bits per heavy atom. The molecule has 0 saturated carbocycles. The number of benzene rings is 2. The van der Waals surface area contributed by atoms with E-state index < -0.39 is 6.10 Å². The highest BCUT2D eigenvalue weighted by atomic mass is 32.2. The molecule has 7 heteroatoms. The normalized spacial score (nSPS) is 15.3. The lowest BCUT2D eigenvalue weighted by atomic mass is 10.1. The second-order valence-corrected chi connectivity index (χ2v) is 7.52. The Kier molecular flexibility index (Phi) is 5.57. The summed E-state index contributed by atoms with van der Waals surface area (Å²) in [6, 6.07) is 20.7. The van der Waals surface area contributed by atoms with E-state index in [0.717, 1.165) is 4.90 Å². The Labute approximate surface area is 172 Å². The summed E-state index contributed by atoms with van der Waals surface area (Å²) in [5, 5.41) is 2.57. The highest BCUT2D eigenvalue weighted by Gasteiger charge is 2.34. The molecular weight excluding hydrogens is 388 g/mol. The summed E-state index contributed by atoms with van der Waals surface area (Å²) in [7, 11) is 1.54. The summed E-state index contributed by atoms with van der Waals surface area (Å²) >= 11 is 1.64. The zero-order valence-electron chi connectivity index (χ0n) is 15.8. The van der Waals surface area contributed by atoms with E-state index in [4.69, 9.17) is 9.15 Å². The minimum absolute atomic E-state index is 0.115. The fourth-order valence-corrected chi connectivity index (χ4v) is 3.91. The van der Waals surface area contributed by atoms with Crippen molar-refractivity contribution in [3.05, 3.63) is 78.3 Å². The smallest absolute Gasteiger partial charge is 0.294 e. The average Bonchev–Trinajstić information content (AvgIpc) is 3.25. The van der Waals surface area contributed by atoms with Gasteiger partial charge in [-0.3, -0.25) is 14.5 Å². The number of amides is 2. The number of likely N-dealkylation sites (N-methyl/N-ethyl adjacent to an activating group) is 1. The van der Waals surface area contributed by atoms with Gasteiger partial charge in [0.2, 0.25) is 0 Å². The molecule has 1 aliphatic heterocycles. The van der Waals surface area contributed by atoms with Crippen LogP contribution in [0.1, 0.15) is 16.3 Å². The average molecular weight is 408 g/mol. The Bertz CT molecular complexity index is 1020. The molecule has 0 saturated heterocycles. The zero-order chi connectivity index (χ0) is 20.2. The molecule has 2 amide bonds. The third kappa shape index (κ3) is 4.14. The van der Waals surface area contributed by atoms with E-state index in [0.29, 0.717) is 22.9 Å². The molecule has 4 rings (SSSR count). The van der Waals surface area contributed by atoms with E-state index in [-0.39, 0.29) is 24.1 Å². The lowest BCUT2D eigenvalue weighted by Gasteiger charge is -2.33. The molecule has 3 aromatic rings. The molecule has 0 radical (unpaired) electrons. The number of carbonyl (C=O) groups excluding carboxylic acids is 2. The number of furan rings is 1. The third-order valence-electron chi connectivity index (χ3n) is 4.55. The minimum atomic E-state index is -0.776. The summed E-state index contributed by atoms with van der Waals surface area (Å²) in [5.41, 5.74) is 0.620. The molecule has 29 heavy (non-hydrogen) atoms. The maximum Gasteiger partial charge on any atom is 0.294 e. The molecule has 2 heterocycles. The van der Waals surface area contributed by atoms with Gasteiger partial charge in [0.1, 0.15) is 11.5 Å². The number of nitrogens with zero attached hydrogens (tertiary/aromatic N) is 1. The second-order valence-electron chi connectivity index (χ2n) is 6.47. The topological polar surface area (TPSA) is 71.8 Å². The molecule has 1 aromatic heterocycles. The molecule has 0 unspecified atom stereocenters. The third-order valence-corrected chi connectivity index (χ3v) is 5.59. The molecule has 0 spiro atoms. The van der Waals surface area contributed by atoms with E-state index in [1.54, 1.807) is 43.1 Å². The number of nitrogens with one attached hydrogen (secondary N) is 1. The van der Waals surface area contributed by atoms with Gasteiger partial charge in [-0.1, -0.05) is 30.3 Å². The first-order valence-electron chi connectivity index (χ1n) is 9.21. The lowest BCUT2D eigenvalue weighted by Crippen LogP contribution is -2.50. The summed E-state index contributed by atoms with van der Waals surface area (Å²) in [4.78, 5) is 27.9. The van der Waals surface area contributed by atoms with Crippen LogP contribution in [-0.2, 0) is 10.5 Å². The van der Waals surface area contributed by atoms with Crippen molar-refractivity contribution < 1.29 is 18.7 Å². The number of anilines is 1. The second kappa shape index (κ2) is 8.45. The molecule has 2 aromatic carbocycles. The van der Waals surface area contributed by atoms with Crippen molar-refractivity contribution in [1.82, 2.24) is 5.32 Å². The van der Waals surface area contributed by atoms with E-state index in [1.807, 2.05) is 42.5 Å². The Morgan fingerprint density at radius 1 is 1.07 bits per heavy atom. The van der Waals surface area contributed by atoms with Gasteiger partial charge in [0, 0.05) is 11.9 Å². The monoisotopic (exact) mass is 408 g/mol. The van der Waals surface area contributed by atoms with Crippen molar-refractivity contribution >= 4 is 29.3 Å². The van der Waals surface area contributed by atoms with Crippen molar-refractivity contribution in [1.29, 1.82) is 0 Å². The Morgan fingerprint density at radius 3 is 2.62 bits per heavy atom. The molecule has 0 aliphatic carbocycles. The van der Waals surface area contributed by atoms with E-state index in [2.05, 4.69) is 5.32 Å².